The van der Waals surface area contributed by atoms with Crippen molar-refractivity contribution < 1.29 is 4.74 Å². The molecule has 2 fully saturated rings. The maximum Gasteiger partial charge on any atom is 0.0623 e. The van der Waals surface area contributed by atoms with Crippen LogP contribution in [0.1, 0.15) is 26.7 Å². The van der Waals surface area contributed by atoms with Crippen molar-refractivity contribution in [1.82, 2.24) is 10.6 Å². The lowest BCUT2D eigenvalue weighted by molar-refractivity contribution is 0.182. The summed E-state index contributed by atoms with van der Waals surface area (Å²) in [4.78, 5) is 0. The highest BCUT2D eigenvalue weighted by Gasteiger charge is 2.37. The summed E-state index contributed by atoms with van der Waals surface area (Å²) in [6, 6.07) is 0.564. The van der Waals surface area contributed by atoms with Crippen molar-refractivity contribution in [3.8, 4) is 0 Å². The van der Waals surface area contributed by atoms with Gasteiger partial charge in [-0.25, -0.2) is 0 Å². The molecule has 0 aromatic heterocycles. The summed E-state index contributed by atoms with van der Waals surface area (Å²) in [5.74, 6) is 0.660. The number of ether oxygens (including phenoxy) is 1. The zero-order valence-electron chi connectivity index (χ0n) is 10.0. The SMILES string of the molecule is CCNC1COCC1CNCC1(C)CC1. The van der Waals surface area contributed by atoms with E-state index in [9.17, 15) is 0 Å². The summed E-state index contributed by atoms with van der Waals surface area (Å²) in [7, 11) is 0. The molecule has 0 spiro atoms. The van der Waals surface area contributed by atoms with Gasteiger partial charge in [-0.05, 0) is 24.8 Å². The normalized spacial score (nSPS) is 33.2. The zero-order valence-corrected chi connectivity index (χ0v) is 10.0. The lowest BCUT2D eigenvalue weighted by Crippen LogP contribution is -2.41. The van der Waals surface area contributed by atoms with Gasteiger partial charge < -0.3 is 15.4 Å². The molecule has 2 atom stereocenters. The van der Waals surface area contributed by atoms with E-state index in [1.807, 2.05) is 0 Å². The Labute approximate surface area is 93.0 Å². The van der Waals surface area contributed by atoms with Crippen molar-refractivity contribution in [3.05, 3.63) is 0 Å². The van der Waals surface area contributed by atoms with Crippen LogP contribution in [-0.4, -0.2) is 38.9 Å². The highest BCUT2D eigenvalue weighted by molar-refractivity contribution is 4.91. The first-order valence-corrected chi connectivity index (χ1v) is 6.25. The van der Waals surface area contributed by atoms with Gasteiger partial charge in [-0.3, -0.25) is 0 Å². The Kier molecular flexibility index (Phi) is 3.65. The van der Waals surface area contributed by atoms with Gasteiger partial charge in [-0.15, -0.1) is 0 Å². The molecule has 0 radical (unpaired) electrons. The second kappa shape index (κ2) is 4.81. The van der Waals surface area contributed by atoms with E-state index in [1.165, 1.54) is 19.4 Å². The fourth-order valence-corrected chi connectivity index (χ4v) is 2.24. The van der Waals surface area contributed by atoms with Crippen molar-refractivity contribution in [3.63, 3.8) is 0 Å². The molecule has 0 bridgehead atoms. The molecule has 0 aromatic rings. The molecule has 15 heavy (non-hydrogen) atoms. The largest absolute Gasteiger partial charge is 0.379 e. The van der Waals surface area contributed by atoms with Crippen LogP contribution in [0.5, 0.6) is 0 Å². The van der Waals surface area contributed by atoms with Crippen LogP contribution in [0.2, 0.25) is 0 Å². The summed E-state index contributed by atoms with van der Waals surface area (Å²) < 4.78 is 5.52. The Balaban J connectivity index is 1.64. The van der Waals surface area contributed by atoms with E-state index < -0.39 is 0 Å². The van der Waals surface area contributed by atoms with Crippen LogP contribution in [0, 0.1) is 11.3 Å². The molecule has 1 saturated carbocycles. The Morgan fingerprint density at radius 1 is 1.33 bits per heavy atom. The first kappa shape index (κ1) is 11.4. The van der Waals surface area contributed by atoms with Crippen LogP contribution < -0.4 is 10.6 Å². The fraction of sp³-hybridized carbons (Fsp3) is 1.00. The molecule has 2 aliphatic rings. The predicted octanol–water partition coefficient (Wildman–Crippen LogP) is 1.00. The van der Waals surface area contributed by atoms with Gasteiger partial charge in [-0.2, -0.15) is 0 Å². The Morgan fingerprint density at radius 3 is 2.80 bits per heavy atom. The molecule has 1 aliphatic heterocycles. The Morgan fingerprint density at radius 2 is 2.13 bits per heavy atom. The molecule has 0 aromatic carbocycles. The average Bonchev–Trinajstić information content (AvgIpc) is 2.76. The Hall–Kier alpha value is -0.120. The number of hydrogen-bond acceptors (Lipinski definition) is 3. The summed E-state index contributed by atoms with van der Waals surface area (Å²) in [5.41, 5.74) is 0.618. The molecule has 2 unspecified atom stereocenters. The zero-order chi connectivity index (χ0) is 10.7. The van der Waals surface area contributed by atoms with E-state index in [4.69, 9.17) is 4.74 Å². The van der Waals surface area contributed by atoms with Gasteiger partial charge in [0.25, 0.3) is 0 Å². The van der Waals surface area contributed by atoms with Gasteiger partial charge in [-0.1, -0.05) is 13.8 Å². The smallest absolute Gasteiger partial charge is 0.0623 e. The van der Waals surface area contributed by atoms with Crippen molar-refractivity contribution in [1.29, 1.82) is 0 Å². The third kappa shape index (κ3) is 3.16. The minimum absolute atomic E-state index is 0.564. The van der Waals surface area contributed by atoms with Crippen molar-refractivity contribution in [2.45, 2.75) is 32.7 Å². The lowest BCUT2D eigenvalue weighted by Gasteiger charge is -2.19. The topological polar surface area (TPSA) is 33.3 Å². The summed E-state index contributed by atoms with van der Waals surface area (Å²) in [6.07, 6.45) is 2.80. The van der Waals surface area contributed by atoms with Gasteiger partial charge in [0.15, 0.2) is 0 Å². The van der Waals surface area contributed by atoms with Crippen LogP contribution in [0.25, 0.3) is 0 Å². The molecule has 1 saturated heterocycles. The lowest BCUT2D eigenvalue weighted by atomic mass is 10.0. The van der Waals surface area contributed by atoms with E-state index in [2.05, 4.69) is 24.5 Å². The predicted molar refractivity (Wildman–Crippen MR) is 62.0 cm³/mol. The molecule has 2 rings (SSSR count). The average molecular weight is 212 g/mol. The van der Waals surface area contributed by atoms with Crippen LogP contribution >= 0.6 is 0 Å². The molecule has 1 aliphatic carbocycles. The molecule has 1 heterocycles. The summed E-state index contributed by atoms with van der Waals surface area (Å²) in [5, 5.41) is 7.09. The number of hydrogen-bond donors (Lipinski definition) is 2. The maximum atomic E-state index is 5.52. The maximum absolute atomic E-state index is 5.52. The molecule has 3 nitrogen and oxygen atoms in total. The van der Waals surface area contributed by atoms with Crippen LogP contribution in [0.15, 0.2) is 0 Å². The van der Waals surface area contributed by atoms with Crippen molar-refractivity contribution >= 4 is 0 Å². The summed E-state index contributed by atoms with van der Waals surface area (Å²) in [6.45, 7) is 9.66. The standard InChI is InChI=1S/C12H24N2O/c1-3-14-11-8-15-7-10(11)6-13-9-12(2)4-5-12/h10-11,13-14H,3-9H2,1-2H3. The van der Waals surface area contributed by atoms with Gasteiger partial charge in [0.05, 0.1) is 13.2 Å². The molecular weight excluding hydrogens is 188 g/mol. The third-order valence-electron chi connectivity index (χ3n) is 3.73. The monoisotopic (exact) mass is 212 g/mol. The minimum Gasteiger partial charge on any atom is -0.379 e. The molecular formula is C12H24N2O. The first-order chi connectivity index (χ1) is 7.23. The Bertz CT molecular complexity index is 204. The van der Waals surface area contributed by atoms with Crippen LogP contribution in [0.3, 0.4) is 0 Å². The van der Waals surface area contributed by atoms with E-state index >= 15 is 0 Å². The highest BCUT2D eigenvalue weighted by Crippen LogP contribution is 2.44. The van der Waals surface area contributed by atoms with Crippen LogP contribution in [0.4, 0.5) is 0 Å². The van der Waals surface area contributed by atoms with E-state index in [-0.39, 0.29) is 0 Å². The quantitative estimate of drug-likeness (QED) is 0.689. The van der Waals surface area contributed by atoms with Gasteiger partial charge in [0.2, 0.25) is 0 Å². The minimum atomic E-state index is 0.564. The van der Waals surface area contributed by atoms with E-state index in [1.54, 1.807) is 0 Å². The van der Waals surface area contributed by atoms with Crippen molar-refractivity contribution in [2.24, 2.45) is 11.3 Å². The van der Waals surface area contributed by atoms with Crippen LogP contribution in [-0.2, 0) is 4.74 Å². The highest BCUT2D eigenvalue weighted by atomic mass is 16.5. The fourth-order valence-electron chi connectivity index (χ4n) is 2.24. The summed E-state index contributed by atoms with van der Waals surface area (Å²) >= 11 is 0. The molecule has 0 amide bonds. The number of likely N-dealkylation sites (N-methyl/N-ethyl adjacent to an activating group) is 1. The third-order valence-corrected chi connectivity index (χ3v) is 3.73. The van der Waals surface area contributed by atoms with E-state index in [0.29, 0.717) is 17.4 Å². The van der Waals surface area contributed by atoms with E-state index in [0.717, 1.165) is 26.3 Å². The number of rotatable bonds is 6. The second-order valence-electron chi connectivity index (χ2n) is 5.40. The first-order valence-electron chi connectivity index (χ1n) is 6.25. The molecule has 3 heteroatoms. The molecule has 88 valence electrons. The van der Waals surface area contributed by atoms with Crippen molar-refractivity contribution in [2.75, 3.05) is 32.8 Å². The van der Waals surface area contributed by atoms with Gasteiger partial charge in [0, 0.05) is 25.0 Å². The molecule has 2 N–H and O–H groups in total. The second-order valence-corrected chi connectivity index (χ2v) is 5.40. The number of nitrogens with one attached hydrogen (secondary N) is 2. The van der Waals surface area contributed by atoms with Gasteiger partial charge in [0.1, 0.15) is 0 Å². The van der Waals surface area contributed by atoms with Gasteiger partial charge >= 0.3 is 0 Å².